The number of para-hydroxylation sites is 1. The fraction of sp³-hybridized carbons (Fsp3) is 0.500. The lowest BCUT2D eigenvalue weighted by atomic mass is 9.99. The first kappa shape index (κ1) is 11.6. The van der Waals surface area contributed by atoms with Crippen molar-refractivity contribution >= 4 is 22.9 Å². The zero-order valence-electron chi connectivity index (χ0n) is 10.4. The zero-order valence-corrected chi connectivity index (χ0v) is 11.3. The summed E-state index contributed by atoms with van der Waals surface area (Å²) in [7, 11) is 0. The van der Waals surface area contributed by atoms with E-state index < -0.39 is 0 Å². The second-order valence-electron chi connectivity index (χ2n) is 5.12. The summed E-state index contributed by atoms with van der Waals surface area (Å²) in [4.78, 5) is 3.40. The molecule has 0 saturated carbocycles. The maximum Gasteiger partial charge on any atom is 0.0902 e. The van der Waals surface area contributed by atoms with E-state index in [1.165, 1.54) is 11.3 Å². The van der Waals surface area contributed by atoms with Crippen LogP contribution in [0.1, 0.15) is 45.6 Å². The Labute approximate surface area is 103 Å². The molecule has 0 N–H and O–H groups in total. The monoisotopic (exact) mass is 233 g/mol. The maximum absolute atomic E-state index is 5.61. The molecule has 0 saturated heterocycles. The van der Waals surface area contributed by atoms with E-state index in [4.69, 9.17) is 12.2 Å². The molecule has 16 heavy (non-hydrogen) atoms. The minimum atomic E-state index is 0.109. The van der Waals surface area contributed by atoms with E-state index in [0.29, 0.717) is 5.92 Å². The molecule has 1 aromatic carbocycles. The van der Waals surface area contributed by atoms with E-state index >= 15 is 0 Å². The van der Waals surface area contributed by atoms with Gasteiger partial charge in [-0.1, -0.05) is 44.3 Å². The lowest BCUT2D eigenvalue weighted by Crippen LogP contribution is -2.45. The Morgan fingerprint density at radius 3 is 2.56 bits per heavy atom. The molecule has 1 aliphatic heterocycles. The van der Waals surface area contributed by atoms with Crippen LogP contribution < -0.4 is 4.90 Å². The van der Waals surface area contributed by atoms with Crippen molar-refractivity contribution in [3.8, 4) is 0 Å². The fourth-order valence-corrected chi connectivity index (χ4v) is 2.76. The Hall–Kier alpha value is -0.890. The normalized spacial score (nSPS) is 20.1. The Bertz CT molecular complexity index is 422. The Morgan fingerprint density at radius 1 is 1.31 bits per heavy atom. The molecule has 2 rings (SSSR count). The molecule has 0 radical (unpaired) electrons. The molecule has 2 heteroatoms. The van der Waals surface area contributed by atoms with Crippen molar-refractivity contribution < 1.29 is 0 Å². The van der Waals surface area contributed by atoms with Crippen LogP contribution in [0.25, 0.3) is 0 Å². The van der Waals surface area contributed by atoms with Gasteiger partial charge in [-0.25, -0.2) is 0 Å². The molecule has 1 aromatic rings. The number of anilines is 1. The van der Waals surface area contributed by atoms with Crippen molar-refractivity contribution in [1.29, 1.82) is 0 Å². The highest BCUT2D eigenvalue weighted by molar-refractivity contribution is 7.80. The van der Waals surface area contributed by atoms with Gasteiger partial charge in [0.2, 0.25) is 0 Å². The molecule has 0 aliphatic carbocycles. The Kier molecular flexibility index (Phi) is 2.79. The quantitative estimate of drug-likeness (QED) is 0.707. The zero-order chi connectivity index (χ0) is 11.9. The van der Waals surface area contributed by atoms with Gasteiger partial charge >= 0.3 is 0 Å². The number of benzene rings is 1. The second-order valence-corrected chi connectivity index (χ2v) is 5.54. The SMILES string of the molecule is CCC(C)(C)N1C(=S)C(C)c2ccccc21. The summed E-state index contributed by atoms with van der Waals surface area (Å²) < 4.78 is 0. The predicted octanol–water partition coefficient (Wildman–Crippen LogP) is 4.13. The fourth-order valence-electron chi connectivity index (χ4n) is 2.29. The molecule has 0 aromatic heterocycles. The van der Waals surface area contributed by atoms with E-state index in [-0.39, 0.29) is 5.54 Å². The highest BCUT2D eigenvalue weighted by Crippen LogP contribution is 2.42. The van der Waals surface area contributed by atoms with Gasteiger partial charge in [0.15, 0.2) is 0 Å². The average molecular weight is 233 g/mol. The summed E-state index contributed by atoms with van der Waals surface area (Å²) in [5.74, 6) is 0.372. The predicted molar refractivity (Wildman–Crippen MR) is 74.3 cm³/mol. The van der Waals surface area contributed by atoms with Crippen LogP contribution in [0.3, 0.4) is 0 Å². The van der Waals surface area contributed by atoms with E-state index in [0.717, 1.165) is 11.4 Å². The van der Waals surface area contributed by atoms with Gasteiger partial charge in [0.1, 0.15) is 0 Å². The largest absolute Gasteiger partial charge is 0.330 e. The molecule has 0 spiro atoms. The minimum absolute atomic E-state index is 0.109. The van der Waals surface area contributed by atoms with Crippen molar-refractivity contribution in [2.75, 3.05) is 4.90 Å². The van der Waals surface area contributed by atoms with Gasteiger partial charge in [-0.3, -0.25) is 0 Å². The van der Waals surface area contributed by atoms with Gasteiger partial charge in [0, 0.05) is 17.1 Å². The van der Waals surface area contributed by atoms with Crippen molar-refractivity contribution in [1.82, 2.24) is 0 Å². The molecular weight excluding hydrogens is 214 g/mol. The van der Waals surface area contributed by atoms with E-state index in [2.05, 4.69) is 56.9 Å². The van der Waals surface area contributed by atoms with Crippen LogP contribution in [-0.2, 0) is 0 Å². The highest BCUT2D eigenvalue weighted by atomic mass is 32.1. The van der Waals surface area contributed by atoms with Crippen molar-refractivity contribution in [2.24, 2.45) is 0 Å². The van der Waals surface area contributed by atoms with E-state index in [1.807, 2.05) is 0 Å². The summed E-state index contributed by atoms with van der Waals surface area (Å²) in [5, 5.41) is 0. The molecular formula is C14H19NS. The van der Waals surface area contributed by atoms with Gasteiger partial charge in [-0.05, 0) is 31.9 Å². The topological polar surface area (TPSA) is 3.24 Å². The summed E-state index contributed by atoms with van der Waals surface area (Å²) in [5.41, 5.74) is 2.78. The standard InChI is InChI=1S/C14H19NS/c1-5-14(3,4)15-12-9-7-6-8-11(12)10(2)13(15)16/h6-10H,5H2,1-4H3. The smallest absolute Gasteiger partial charge is 0.0902 e. The van der Waals surface area contributed by atoms with Crippen molar-refractivity contribution in [3.63, 3.8) is 0 Å². The van der Waals surface area contributed by atoms with Crippen LogP contribution in [0.4, 0.5) is 5.69 Å². The van der Waals surface area contributed by atoms with Gasteiger partial charge in [-0.2, -0.15) is 0 Å². The Morgan fingerprint density at radius 2 is 1.94 bits per heavy atom. The van der Waals surface area contributed by atoms with Gasteiger partial charge < -0.3 is 4.90 Å². The second kappa shape index (κ2) is 3.85. The van der Waals surface area contributed by atoms with Crippen LogP contribution >= 0.6 is 12.2 Å². The molecule has 86 valence electrons. The molecule has 0 bridgehead atoms. The summed E-state index contributed by atoms with van der Waals surface area (Å²) in [6.45, 7) is 8.93. The van der Waals surface area contributed by atoms with E-state index in [9.17, 15) is 0 Å². The molecule has 0 amide bonds. The molecule has 1 heterocycles. The Balaban J connectivity index is 2.53. The number of hydrogen-bond donors (Lipinski definition) is 0. The van der Waals surface area contributed by atoms with Crippen LogP contribution in [0.15, 0.2) is 24.3 Å². The molecule has 1 nitrogen and oxygen atoms in total. The van der Waals surface area contributed by atoms with Crippen LogP contribution in [-0.4, -0.2) is 10.5 Å². The van der Waals surface area contributed by atoms with Crippen molar-refractivity contribution in [3.05, 3.63) is 29.8 Å². The third kappa shape index (κ3) is 1.56. The third-order valence-electron chi connectivity index (χ3n) is 3.71. The average Bonchev–Trinajstić information content (AvgIpc) is 2.53. The van der Waals surface area contributed by atoms with Crippen LogP contribution in [0, 0.1) is 0 Å². The summed E-state index contributed by atoms with van der Waals surface area (Å²) in [6, 6.07) is 8.57. The third-order valence-corrected chi connectivity index (χ3v) is 4.24. The number of hydrogen-bond acceptors (Lipinski definition) is 1. The summed E-state index contributed by atoms with van der Waals surface area (Å²) >= 11 is 5.61. The van der Waals surface area contributed by atoms with E-state index in [1.54, 1.807) is 0 Å². The number of nitrogens with zero attached hydrogens (tertiary/aromatic N) is 1. The van der Waals surface area contributed by atoms with Gasteiger partial charge in [0.25, 0.3) is 0 Å². The highest BCUT2D eigenvalue weighted by Gasteiger charge is 2.38. The minimum Gasteiger partial charge on any atom is -0.330 e. The molecule has 0 fully saturated rings. The molecule has 1 aliphatic rings. The first-order chi connectivity index (χ1) is 7.49. The van der Waals surface area contributed by atoms with Gasteiger partial charge in [0.05, 0.1) is 4.99 Å². The number of rotatable bonds is 2. The maximum atomic E-state index is 5.61. The molecule has 1 atom stereocenters. The lowest BCUT2D eigenvalue weighted by molar-refractivity contribution is 0.500. The van der Waals surface area contributed by atoms with Crippen molar-refractivity contribution in [2.45, 2.75) is 45.6 Å². The van der Waals surface area contributed by atoms with Crippen LogP contribution in [0.2, 0.25) is 0 Å². The van der Waals surface area contributed by atoms with Gasteiger partial charge in [-0.15, -0.1) is 0 Å². The van der Waals surface area contributed by atoms with Crippen LogP contribution in [0.5, 0.6) is 0 Å². The first-order valence-corrected chi connectivity index (χ1v) is 6.33. The number of thiocarbonyl (C=S) groups is 1. The molecule has 1 unspecified atom stereocenters. The number of fused-ring (bicyclic) bond motifs is 1. The first-order valence-electron chi connectivity index (χ1n) is 5.92. The summed E-state index contributed by atoms with van der Waals surface area (Å²) in [6.07, 6.45) is 1.09. The lowest BCUT2D eigenvalue weighted by Gasteiger charge is -2.37.